The number of carbonyl (C=O) groups is 2. The smallest absolute Gasteiger partial charge is 0.251 e. The van der Waals surface area contributed by atoms with Gasteiger partial charge in [0.1, 0.15) is 0 Å². The Morgan fingerprint density at radius 1 is 1.37 bits per heavy atom. The highest BCUT2D eigenvalue weighted by atomic mass is 16.2. The normalized spacial score (nSPS) is 11.8. The molecule has 1 atom stereocenters. The van der Waals surface area contributed by atoms with Gasteiger partial charge in [0.25, 0.3) is 5.91 Å². The van der Waals surface area contributed by atoms with E-state index in [4.69, 9.17) is 5.73 Å². The number of rotatable bonds is 5. The van der Waals surface area contributed by atoms with E-state index in [0.717, 1.165) is 5.56 Å². The minimum absolute atomic E-state index is 0.0879. The lowest BCUT2D eigenvalue weighted by Gasteiger charge is -2.13. The number of benzene rings is 1. The third kappa shape index (κ3) is 4.06. The molecule has 0 aliphatic rings. The second-order valence-electron chi connectivity index (χ2n) is 4.65. The molecule has 1 rings (SSSR count). The third-order valence-corrected chi connectivity index (χ3v) is 3.02. The first kappa shape index (κ1) is 15.2. The molecule has 1 aromatic rings. The van der Waals surface area contributed by atoms with Crippen LogP contribution in [0.4, 0.5) is 5.69 Å². The van der Waals surface area contributed by atoms with E-state index in [9.17, 15) is 9.59 Å². The molecule has 5 nitrogen and oxygen atoms in total. The summed E-state index contributed by atoms with van der Waals surface area (Å²) in [6.07, 6.45) is 0.375. The molecule has 0 heterocycles. The zero-order valence-corrected chi connectivity index (χ0v) is 11.6. The van der Waals surface area contributed by atoms with Crippen molar-refractivity contribution < 1.29 is 9.59 Å². The van der Waals surface area contributed by atoms with Crippen molar-refractivity contribution in [3.8, 4) is 0 Å². The van der Waals surface area contributed by atoms with Crippen LogP contribution in [0.2, 0.25) is 0 Å². The molecule has 0 aromatic heterocycles. The quantitative estimate of drug-likeness (QED) is 0.748. The van der Waals surface area contributed by atoms with Crippen molar-refractivity contribution in [2.45, 2.75) is 20.3 Å². The number of carbonyl (C=O) groups excluding carboxylic acids is 2. The third-order valence-electron chi connectivity index (χ3n) is 3.02. The molecule has 1 unspecified atom stereocenters. The van der Waals surface area contributed by atoms with Gasteiger partial charge >= 0.3 is 0 Å². The fourth-order valence-electron chi connectivity index (χ4n) is 1.75. The lowest BCUT2D eigenvalue weighted by Crippen LogP contribution is -2.22. The maximum atomic E-state index is 11.8. The van der Waals surface area contributed by atoms with E-state index in [1.807, 2.05) is 13.8 Å². The van der Waals surface area contributed by atoms with Gasteiger partial charge in [-0.2, -0.15) is 0 Å². The monoisotopic (exact) mass is 263 g/mol. The van der Waals surface area contributed by atoms with Gasteiger partial charge in [0.2, 0.25) is 5.91 Å². The minimum atomic E-state index is -0.163. The molecule has 104 valence electrons. The van der Waals surface area contributed by atoms with Crippen LogP contribution in [0, 0.1) is 12.8 Å². The van der Waals surface area contributed by atoms with Crippen LogP contribution < -0.4 is 16.4 Å². The summed E-state index contributed by atoms with van der Waals surface area (Å²) in [5.74, 6) is -0.110. The number of nitrogens with one attached hydrogen (secondary N) is 2. The summed E-state index contributed by atoms with van der Waals surface area (Å²) in [7, 11) is 1.58. The standard InChI is InChI=1S/C14H21N3O2/c1-9(8-15)7-13(18)17-12-6-4-5-11(10(12)2)14(19)16-3/h4-6,9H,7-8,15H2,1-3H3,(H,16,19)(H,17,18). The molecular formula is C14H21N3O2. The van der Waals surface area contributed by atoms with Gasteiger partial charge in [-0.1, -0.05) is 13.0 Å². The number of nitrogens with two attached hydrogens (primary N) is 1. The van der Waals surface area contributed by atoms with Crippen molar-refractivity contribution in [3.05, 3.63) is 29.3 Å². The highest BCUT2D eigenvalue weighted by molar-refractivity contribution is 5.99. The number of anilines is 1. The summed E-state index contributed by atoms with van der Waals surface area (Å²) in [5.41, 5.74) is 7.48. The first-order valence-electron chi connectivity index (χ1n) is 6.31. The first-order chi connectivity index (χ1) is 8.99. The van der Waals surface area contributed by atoms with Gasteiger partial charge in [0.15, 0.2) is 0 Å². The van der Waals surface area contributed by atoms with Gasteiger partial charge in [-0.25, -0.2) is 0 Å². The predicted octanol–water partition coefficient (Wildman–Crippen LogP) is 1.28. The molecule has 0 aliphatic carbocycles. The summed E-state index contributed by atoms with van der Waals surface area (Å²) in [5, 5.41) is 5.40. The molecule has 1 aromatic carbocycles. The summed E-state index contributed by atoms with van der Waals surface area (Å²) < 4.78 is 0. The average Bonchev–Trinajstić information content (AvgIpc) is 2.40. The van der Waals surface area contributed by atoms with Crippen LogP contribution in [-0.4, -0.2) is 25.4 Å². The summed E-state index contributed by atoms with van der Waals surface area (Å²) in [6.45, 7) is 4.21. The van der Waals surface area contributed by atoms with Crippen LogP contribution in [-0.2, 0) is 4.79 Å². The highest BCUT2D eigenvalue weighted by Gasteiger charge is 2.13. The molecule has 0 bridgehead atoms. The van der Waals surface area contributed by atoms with Crippen LogP contribution in [0.1, 0.15) is 29.3 Å². The van der Waals surface area contributed by atoms with E-state index in [-0.39, 0.29) is 17.7 Å². The molecule has 4 N–H and O–H groups in total. The van der Waals surface area contributed by atoms with Gasteiger partial charge < -0.3 is 16.4 Å². The number of hydrogen-bond acceptors (Lipinski definition) is 3. The predicted molar refractivity (Wildman–Crippen MR) is 76.0 cm³/mol. The van der Waals surface area contributed by atoms with Gasteiger partial charge in [-0.15, -0.1) is 0 Å². The van der Waals surface area contributed by atoms with Crippen molar-refractivity contribution in [2.24, 2.45) is 11.7 Å². The highest BCUT2D eigenvalue weighted by Crippen LogP contribution is 2.19. The Labute approximate surface area is 113 Å². The Kier molecular flexibility index (Phi) is 5.51. The van der Waals surface area contributed by atoms with Crippen molar-refractivity contribution in [3.63, 3.8) is 0 Å². The van der Waals surface area contributed by atoms with Crippen molar-refractivity contribution in [1.29, 1.82) is 0 Å². The Morgan fingerprint density at radius 3 is 2.63 bits per heavy atom. The molecule has 0 fully saturated rings. The lowest BCUT2D eigenvalue weighted by atomic mass is 10.0. The molecule has 0 radical (unpaired) electrons. The molecule has 19 heavy (non-hydrogen) atoms. The molecular weight excluding hydrogens is 242 g/mol. The minimum Gasteiger partial charge on any atom is -0.355 e. The van der Waals surface area contributed by atoms with E-state index in [0.29, 0.717) is 24.2 Å². The SMILES string of the molecule is CNC(=O)c1cccc(NC(=O)CC(C)CN)c1C. The van der Waals surface area contributed by atoms with Crippen molar-refractivity contribution in [1.82, 2.24) is 5.32 Å². The van der Waals surface area contributed by atoms with E-state index >= 15 is 0 Å². The molecule has 0 saturated heterocycles. The first-order valence-corrected chi connectivity index (χ1v) is 6.31. The van der Waals surface area contributed by atoms with Gasteiger partial charge in [0, 0.05) is 24.7 Å². The zero-order valence-electron chi connectivity index (χ0n) is 11.6. The largest absolute Gasteiger partial charge is 0.355 e. The van der Waals surface area contributed by atoms with Crippen LogP contribution in [0.15, 0.2) is 18.2 Å². The van der Waals surface area contributed by atoms with E-state index in [2.05, 4.69) is 10.6 Å². The lowest BCUT2D eigenvalue weighted by molar-refractivity contribution is -0.116. The van der Waals surface area contributed by atoms with Gasteiger partial charge in [-0.3, -0.25) is 9.59 Å². The zero-order chi connectivity index (χ0) is 14.4. The number of amides is 2. The summed E-state index contributed by atoms with van der Waals surface area (Å²) in [4.78, 5) is 23.5. The maximum absolute atomic E-state index is 11.8. The average molecular weight is 263 g/mol. The molecule has 0 spiro atoms. The summed E-state index contributed by atoms with van der Waals surface area (Å²) in [6, 6.07) is 5.26. The fourth-order valence-corrected chi connectivity index (χ4v) is 1.75. The Hall–Kier alpha value is -1.88. The second kappa shape index (κ2) is 6.89. The van der Waals surface area contributed by atoms with Crippen LogP contribution in [0.3, 0.4) is 0 Å². The van der Waals surface area contributed by atoms with E-state index < -0.39 is 0 Å². The Bertz CT molecular complexity index is 472. The van der Waals surface area contributed by atoms with Gasteiger partial charge in [-0.05, 0) is 37.1 Å². The maximum Gasteiger partial charge on any atom is 0.251 e. The van der Waals surface area contributed by atoms with Crippen molar-refractivity contribution >= 4 is 17.5 Å². The van der Waals surface area contributed by atoms with E-state index in [1.165, 1.54) is 0 Å². The Balaban J connectivity index is 2.85. The molecule has 0 saturated carbocycles. The van der Waals surface area contributed by atoms with Crippen LogP contribution in [0.5, 0.6) is 0 Å². The van der Waals surface area contributed by atoms with Crippen LogP contribution >= 0.6 is 0 Å². The second-order valence-corrected chi connectivity index (χ2v) is 4.65. The summed E-state index contributed by atoms with van der Waals surface area (Å²) >= 11 is 0. The van der Waals surface area contributed by atoms with Gasteiger partial charge in [0.05, 0.1) is 0 Å². The molecule has 2 amide bonds. The van der Waals surface area contributed by atoms with Crippen molar-refractivity contribution in [2.75, 3.05) is 18.9 Å². The Morgan fingerprint density at radius 2 is 2.05 bits per heavy atom. The molecule has 0 aliphatic heterocycles. The van der Waals surface area contributed by atoms with E-state index in [1.54, 1.807) is 25.2 Å². The molecule has 5 heteroatoms. The van der Waals surface area contributed by atoms with Crippen LogP contribution in [0.25, 0.3) is 0 Å². The topological polar surface area (TPSA) is 84.2 Å². The fraction of sp³-hybridized carbons (Fsp3) is 0.429. The number of hydrogen-bond donors (Lipinski definition) is 3.